The number of para-hydroxylation sites is 1. The monoisotopic (exact) mass is 426 g/mol. The van der Waals surface area contributed by atoms with E-state index >= 15 is 0 Å². The summed E-state index contributed by atoms with van der Waals surface area (Å²) in [6, 6.07) is 20.2. The summed E-state index contributed by atoms with van der Waals surface area (Å²) in [5.74, 6) is -0.597. The first-order valence-electron chi connectivity index (χ1n) is 10.2. The number of pyridine rings is 1. The Morgan fingerprint density at radius 3 is 2.53 bits per heavy atom. The van der Waals surface area contributed by atoms with Crippen molar-refractivity contribution in [3.63, 3.8) is 0 Å². The van der Waals surface area contributed by atoms with E-state index in [-0.39, 0.29) is 23.3 Å². The van der Waals surface area contributed by atoms with Gasteiger partial charge in [0.2, 0.25) is 0 Å². The van der Waals surface area contributed by atoms with Crippen LogP contribution in [0.25, 0.3) is 27.5 Å². The highest BCUT2D eigenvalue weighted by atomic mass is 19.1. The zero-order chi connectivity index (χ0) is 22.2. The number of benzene rings is 3. The SMILES string of the molecule is CC(NC(=O)c1ccc2ncc3c(=O)n(-c4ccccc4)[nH]c3c2c1)c1ccc(F)cc1. The first-order chi connectivity index (χ1) is 15.5. The van der Waals surface area contributed by atoms with Gasteiger partial charge >= 0.3 is 0 Å². The van der Waals surface area contributed by atoms with Crippen LogP contribution >= 0.6 is 0 Å². The standard InChI is InChI=1S/C25H19FN4O2/c1-15(16-7-10-18(26)11-8-16)28-24(31)17-9-12-22-20(13-17)23-21(14-27-22)25(32)30(29-23)19-5-3-2-4-6-19/h2-15,29H,1H3,(H,28,31). The molecular formula is C25H19FN4O2. The second kappa shape index (κ2) is 7.77. The number of nitrogens with zero attached hydrogens (tertiary/aromatic N) is 2. The van der Waals surface area contributed by atoms with Gasteiger partial charge in [0, 0.05) is 17.1 Å². The molecular weight excluding hydrogens is 407 g/mol. The lowest BCUT2D eigenvalue weighted by molar-refractivity contribution is 0.0940. The maximum atomic E-state index is 13.2. The Kier molecular flexibility index (Phi) is 4.78. The summed E-state index contributed by atoms with van der Waals surface area (Å²) in [6.07, 6.45) is 1.55. The van der Waals surface area contributed by atoms with Crippen molar-refractivity contribution in [1.82, 2.24) is 20.1 Å². The summed E-state index contributed by atoms with van der Waals surface area (Å²) in [4.78, 5) is 30.2. The Morgan fingerprint density at radius 1 is 1.03 bits per heavy atom. The molecule has 2 N–H and O–H groups in total. The van der Waals surface area contributed by atoms with E-state index in [1.165, 1.54) is 16.8 Å². The van der Waals surface area contributed by atoms with E-state index < -0.39 is 0 Å². The molecule has 158 valence electrons. The van der Waals surface area contributed by atoms with Gasteiger partial charge in [-0.05, 0) is 55.0 Å². The van der Waals surface area contributed by atoms with Gasteiger partial charge in [-0.2, -0.15) is 0 Å². The Balaban J connectivity index is 1.53. The van der Waals surface area contributed by atoms with Gasteiger partial charge in [-0.15, -0.1) is 0 Å². The highest BCUT2D eigenvalue weighted by molar-refractivity contribution is 6.06. The molecule has 0 aliphatic rings. The molecule has 2 heterocycles. The number of hydrogen-bond acceptors (Lipinski definition) is 3. The predicted molar refractivity (Wildman–Crippen MR) is 121 cm³/mol. The van der Waals surface area contributed by atoms with Crippen molar-refractivity contribution in [1.29, 1.82) is 0 Å². The van der Waals surface area contributed by atoms with Gasteiger partial charge < -0.3 is 5.32 Å². The van der Waals surface area contributed by atoms with E-state index in [0.29, 0.717) is 33.1 Å². The third-order valence-corrected chi connectivity index (χ3v) is 5.52. The van der Waals surface area contributed by atoms with E-state index in [1.54, 1.807) is 36.5 Å². The smallest absolute Gasteiger partial charge is 0.280 e. The van der Waals surface area contributed by atoms with Crippen LogP contribution in [0.4, 0.5) is 4.39 Å². The Labute approximate surface area is 182 Å². The van der Waals surface area contributed by atoms with Crippen molar-refractivity contribution in [3.8, 4) is 5.69 Å². The molecule has 0 radical (unpaired) electrons. The second-order valence-electron chi connectivity index (χ2n) is 7.61. The van der Waals surface area contributed by atoms with Crippen molar-refractivity contribution in [3.05, 3.63) is 106 Å². The normalized spacial score (nSPS) is 12.2. The molecule has 0 bridgehead atoms. The summed E-state index contributed by atoms with van der Waals surface area (Å²) < 4.78 is 14.6. The molecule has 7 heteroatoms. The van der Waals surface area contributed by atoms with Crippen LogP contribution in [0.2, 0.25) is 0 Å². The molecule has 0 aliphatic carbocycles. The van der Waals surface area contributed by atoms with E-state index in [1.807, 2.05) is 37.3 Å². The van der Waals surface area contributed by atoms with Crippen LogP contribution in [0.5, 0.6) is 0 Å². The average molecular weight is 426 g/mol. The molecule has 32 heavy (non-hydrogen) atoms. The summed E-state index contributed by atoms with van der Waals surface area (Å²) in [6.45, 7) is 1.84. The zero-order valence-electron chi connectivity index (χ0n) is 17.2. The molecule has 0 spiro atoms. The molecule has 1 unspecified atom stereocenters. The first-order valence-corrected chi connectivity index (χ1v) is 10.2. The molecule has 6 nitrogen and oxygen atoms in total. The highest BCUT2D eigenvalue weighted by Gasteiger charge is 2.16. The minimum atomic E-state index is -0.324. The minimum absolute atomic E-state index is 0.208. The van der Waals surface area contributed by atoms with Crippen LogP contribution in [0, 0.1) is 5.82 Å². The number of rotatable bonds is 4. The van der Waals surface area contributed by atoms with Gasteiger partial charge in [0.15, 0.2) is 0 Å². The summed E-state index contributed by atoms with van der Waals surface area (Å²) >= 11 is 0. The van der Waals surface area contributed by atoms with E-state index in [0.717, 1.165) is 5.56 Å². The maximum absolute atomic E-state index is 13.2. The lowest BCUT2D eigenvalue weighted by Gasteiger charge is -2.14. The fraction of sp³-hybridized carbons (Fsp3) is 0.0800. The molecule has 2 aromatic heterocycles. The van der Waals surface area contributed by atoms with E-state index in [9.17, 15) is 14.0 Å². The molecule has 0 saturated heterocycles. The van der Waals surface area contributed by atoms with E-state index in [2.05, 4.69) is 15.4 Å². The van der Waals surface area contributed by atoms with Crippen molar-refractivity contribution in [2.75, 3.05) is 0 Å². The van der Waals surface area contributed by atoms with Crippen LogP contribution in [0.1, 0.15) is 28.9 Å². The number of halogens is 1. The van der Waals surface area contributed by atoms with Gasteiger partial charge in [0.05, 0.1) is 28.1 Å². The van der Waals surface area contributed by atoms with Gasteiger partial charge in [-0.1, -0.05) is 30.3 Å². The van der Waals surface area contributed by atoms with Crippen LogP contribution in [0.15, 0.2) is 83.8 Å². The largest absolute Gasteiger partial charge is 0.346 e. The number of H-pyrrole nitrogens is 1. The Bertz CT molecular complexity index is 1500. The quantitative estimate of drug-likeness (QED) is 0.444. The topological polar surface area (TPSA) is 79.8 Å². The number of amides is 1. The summed E-state index contributed by atoms with van der Waals surface area (Å²) in [7, 11) is 0. The first kappa shape index (κ1) is 19.7. The zero-order valence-corrected chi connectivity index (χ0v) is 17.2. The van der Waals surface area contributed by atoms with Crippen LogP contribution in [-0.4, -0.2) is 20.7 Å². The maximum Gasteiger partial charge on any atom is 0.280 e. The molecule has 5 rings (SSSR count). The van der Waals surface area contributed by atoms with Crippen LogP contribution in [0.3, 0.4) is 0 Å². The summed E-state index contributed by atoms with van der Waals surface area (Å²) in [5.41, 5.74) is 3.03. The third-order valence-electron chi connectivity index (χ3n) is 5.52. The molecule has 1 amide bonds. The van der Waals surface area contributed by atoms with Crippen molar-refractivity contribution < 1.29 is 9.18 Å². The van der Waals surface area contributed by atoms with Crippen molar-refractivity contribution in [2.24, 2.45) is 0 Å². The van der Waals surface area contributed by atoms with E-state index in [4.69, 9.17) is 0 Å². The number of carbonyl (C=O) groups excluding carboxylic acids is 1. The predicted octanol–water partition coefficient (Wildman–Crippen LogP) is 4.50. The lowest BCUT2D eigenvalue weighted by atomic mass is 10.1. The molecule has 0 fully saturated rings. The number of carbonyl (C=O) groups is 1. The van der Waals surface area contributed by atoms with Gasteiger partial charge in [-0.3, -0.25) is 19.7 Å². The minimum Gasteiger partial charge on any atom is -0.346 e. The number of fused-ring (bicyclic) bond motifs is 3. The fourth-order valence-corrected chi connectivity index (χ4v) is 3.77. The molecule has 0 aliphatic heterocycles. The van der Waals surface area contributed by atoms with Crippen LogP contribution < -0.4 is 10.9 Å². The lowest BCUT2D eigenvalue weighted by Crippen LogP contribution is -2.26. The fourth-order valence-electron chi connectivity index (χ4n) is 3.77. The molecule has 5 aromatic rings. The molecule has 3 aromatic carbocycles. The second-order valence-corrected chi connectivity index (χ2v) is 7.61. The van der Waals surface area contributed by atoms with Gasteiger partial charge in [-0.25, -0.2) is 9.07 Å². The molecule has 0 saturated carbocycles. The summed E-state index contributed by atoms with van der Waals surface area (Å²) in [5, 5.41) is 7.21. The highest BCUT2D eigenvalue weighted by Crippen LogP contribution is 2.23. The number of hydrogen-bond donors (Lipinski definition) is 2. The van der Waals surface area contributed by atoms with Gasteiger partial charge in [0.25, 0.3) is 11.5 Å². The van der Waals surface area contributed by atoms with Crippen molar-refractivity contribution in [2.45, 2.75) is 13.0 Å². The molecule has 1 atom stereocenters. The number of aromatic nitrogens is 3. The van der Waals surface area contributed by atoms with Crippen LogP contribution in [-0.2, 0) is 0 Å². The van der Waals surface area contributed by atoms with Gasteiger partial charge in [0.1, 0.15) is 5.82 Å². The number of nitrogens with one attached hydrogen (secondary N) is 2. The Hall–Kier alpha value is -4.26. The number of aromatic amines is 1. The Morgan fingerprint density at radius 2 is 1.78 bits per heavy atom. The van der Waals surface area contributed by atoms with Crippen molar-refractivity contribution >= 4 is 27.7 Å². The third kappa shape index (κ3) is 3.43. The average Bonchev–Trinajstić information content (AvgIpc) is 3.16.